The van der Waals surface area contributed by atoms with E-state index in [2.05, 4.69) is 35.3 Å². The Morgan fingerprint density at radius 3 is 2.95 bits per heavy atom. The van der Waals surface area contributed by atoms with Gasteiger partial charge in [-0.2, -0.15) is 0 Å². The maximum Gasteiger partial charge on any atom is 0.0618 e. The number of hydrogen-bond donors (Lipinski definition) is 1. The molecule has 102 valence electrons. The van der Waals surface area contributed by atoms with Crippen molar-refractivity contribution in [1.82, 2.24) is 4.98 Å². The Balaban J connectivity index is 1.52. The van der Waals surface area contributed by atoms with E-state index in [1.165, 1.54) is 24.0 Å². The molecule has 2 aromatic rings. The SMILES string of the molecule is OC(Cc1cccnc1)C1C2CCc3ccccc3C21. The van der Waals surface area contributed by atoms with Crippen molar-refractivity contribution in [2.24, 2.45) is 11.8 Å². The van der Waals surface area contributed by atoms with Crippen LogP contribution in [0.15, 0.2) is 48.8 Å². The molecule has 0 aliphatic heterocycles. The van der Waals surface area contributed by atoms with E-state index < -0.39 is 0 Å². The molecule has 2 aliphatic carbocycles. The average molecular weight is 265 g/mol. The molecule has 0 saturated heterocycles. The van der Waals surface area contributed by atoms with Crippen molar-refractivity contribution in [2.75, 3.05) is 0 Å². The maximum atomic E-state index is 10.6. The van der Waals surface area contributed by atoms with E-state index in [4.69, 9.17) is 0 Å². The first-order valence-electron chi connectivity index (χ1n) is 7.49. The Hall–Kier alpha value is -1.67. The van der Waals surface area contributed by atoms with Gasteiger partial charge in [0, 0.05) is 18.8 Å². The Bertz CT molecular complexity index is 610. The third-order valence-corrected chi connectivity index (χ3v) is 5.00. The molecule has 0 amide bonds. The van der Waals surface area contributed by atoms with Crippen LogP contribution in [0.25, 0.3) is 0 Å². The molecular weight excluding hydrogens is 246 g/mol. The van der Waals surface area contributed by atoms with E-state index in [-0.39, 0.29) is 6.10 Å². The molecule has 4 rings (SSSR count). The fourth-order valence-electron chi connectivity index (χ4n) is 4.04. The van der Waals surface area contributed by atoms with Crippen LogP contribution in [-0.4, -0.2) is 16.2 Å². The summed E-state index contributed by atoms with van der Waals surface area (Å²) in [7, 11) is 0. The molecular formula is C18H19NO. The number of hydrogen-bond acceptors (Lipinski definition) is 2. The van der Waals surface area contributed by atoms with Crippen LogP contribution < -0.4 is 0 Å². The van der Waals surface area contributed by atoms with Crippen molar-refractivity contribution < 1.29 is 5.11 Å². The fourth-order valence-corrected chi connectivity index (χ4v) is 4.04. The van der Waals surface area contributed by atoms with E-state index in [9.17, 15) is 5.11 Å². The summed E-state index contributed by atoms with van der Waals surface area (Å²) in [5.74, 6) is 1.72. The zero-order valence-electron chi connectivity index (χ0n) is 11.4. The molecule has 2 nitrogen and oxygen atoms in total. The Morgan fingerprint density at radius 1 is 1.20 bits per heavy atom. The average Bonchev–Trinajstić information content (AvgIpc) is 3.23. The zero-order chi connectivity index (χ0) is 13.5. The van der Waals surface area contributed by atoms with Gasteiger partial charge in [-0.15, -0.1) is 0 Å². The van der Waals surface area contributed by atoms with Crippen LogP contribution in [0.1, 0.15) is 29.0 Å². The highest BCUT2D eigenvalue weighted by molar-refractivity contribution is 5.40. The van der Waals surface area contributed by atoms with E-state index in [0.29, 0.717) is 17.8 Å². The number of aliphatic hydroxyl groups is 1. The molecule has 1 aromatic heterocycles. The summed E-state index contributed by atoms with van der Waals surface area (Å²) >= 11 is 0. The second kappa shape index (κ2) is 4.71. The quantitative estimate of drug-likeness (QED) is 0.925. The van der Waals surface area contributed by atoms with Gasteiger partial charge in [0.05, 0.1) is 6.10 Å². The van der Waals surface area contributed by atoms with Crippen LogP contribution in [0.2, 0.25) is 0 Å². The lowest BCUT2D eigenvalue weighted by Gasteiger charge is -2.13. The minimum atomic E-state index is -0.236. The van der Waals surface area contributed by atoms with Gasteiger partial charge in [0.15, 0.2) is 0 Å². The molecule has 1 fully saturated rings. The van der Waals surface area contributed by atoms with Crippen molar-refractivity contribution in [3.05, 3.63) is 65.5 Å². The number of rotatable bonds is 3. The van der Waals surface area contributed by atoms with Crippen LogP contribution >= 0.6 is 0 Å². The van der Waals surface area contributed by atoms with Gasteiger partial charge in [0.1, 0.15) is 0 Å². The predicted molar refractivity (Wildman–Crippen MR) is 78.4 cm³/mol. The summed E-state index contributed by atoms with van der Waals surface area (Å²) in [4.78, 5) is 4.13. The second-order valence-electron chi connectivity index (χ2n) is 6.14. The number of aliphatic hydroxyl groups excluding tert-OH is 1. The van der Waals surface area contributed by atoms with E-state index in [1.54, 1.807) is 6.20 Å². The van der Waals surface area contributed by atoms with Gasteiger partial charge in [0.2, 0.25) is 0 Å². The molecule has 4 atom stereocenters. The molecule has 1 N–H and O–H groups in total. The normalized spacial score (nSPS) is 28.4. The maximum absolute atomic E-state index is 10.6. The molecule has 0 spiro atoms. The van der Waals surface area contributed by atoms with Gasteiger partial charge < -0.3 is 5.11 Å². The molecule has 20 heavy (non-hydrogen) atoms. The van der Waals surface area contributed by atoms with E-state index >= 15 is 0 Å². The van der Waals surface area contributed by atoms with Gasteiger partial charge in [-0.1, -0.05) is 30.3 Å². The summed E-state index contributed by atoms with van der Waals surface area (Å²) in [6.45, 7) is 0. The largest absolute Gasteiger partial charge is 0.392 e. The number of fused-ring (bicyclic) bond motifs is 3. The van der Waals surface area contributed by atoms with Crippen molar-refractivity contribution >= 4 is 0 Å². The van der Waals surface area contributed by atoms with Gasteiger partial charge in [-0.05, 0) is 53.4 Å². The second-order valence-corrected chi connectivity index (χ2v) is 6.14. The van der Waals surface area contributed by atoms with Crippen molar-refractivity contribution in [1.29, 1.82) is 0 Å². The topological polar surface area (TPSA) is 33.1 Å². The lowest BCUT2D eigenvalue weighted by molar-refractivity contribution is 0.143. The molecule has 2 heteroatoms. The Labute approximate surface area is 119 Å². The smallest absolute Gasteiger partial charge is 0.0618 e. The van der Waals surface area contributed by atoms with Crippen LogP contribution in [0.3, 0.4) is 0 Å². The molecule has 1 saturated carbocycles. The minimum Gasteiger partial charge on any atom is -0.392 e. The van der Waals surface area contributed by atoms with Crippen molar-refractivity contribution in [2.45, 2.75) is 31.3 Å². The first-order valence-corrected chi connectivity index (χ1v) is 7.49. The zero-order valence-corrected chi connectivity index (χ0v) is 11.4. The number of aromatic nitrogens is 1. The number of pyridine rings is 1. The van der Waals surface area contributed by atoms with Gasteiger partial charge >= 0.3 is 0 Å². The number of aryl methyl sites for hydroxylation is 1. The van der Waals surface area contributed by atoms with Crippen molar-refractivity contribution in [3.63, 3.8) is 0 Å². The highest BCUT2D eigenvalue weighted by Gasteiger charge is 2.55. The molecule has 2 aliphatic rings. The first kappa shape index (κ1) is 12.1. The first-order chi connectivity index (χ1) is 9.84. The van der Waals surface area contributed by atoms with Gasteiger partial charge in [-0.25, -0.2) is 0 Å². The third-order valence-electron chi connectivity index (χ3n) is 5.00. The van der Waals surface area contributed by atoms with Crippen molar-refractivity contribution in [3.8, 4) is 0 Å². The van der Waals surface area contributed by atoms with E-state index in [1.807, 2.05) is 12.3 Å². The molecule has 0 radical (unpaired) electrons. The third kappa shape index (κ3) is 1.95. The highest BCUT2D eigenvalue weighted by atomic mass is 16.3. The highest BCUT2D eigenvalue weighted by Crippen LogP contribution is 2.61. The fraction of sp³-hybridized carbons (Fsp3) is 0.389. The lowest BCUT2D eigenvalue weighted by atomic mass is 9.92. The molecule has 0 bridgehead atoms. The standard InChI is InChI=1S/C18H19NO/c20-16(10-12-4-3-9-19-11-12)18-15-8-7-13-5-1-2-6-14(13)17(15)18/h1-6,9,11,15-18,20H,7-8,10H2. The summed E-state index contributed by atoms with van der Waals surface area (Å²) in [6.07, 6.45) is 6.55. The molecule has 1 aromatic carbocycles. The van der Waals surface area contributed by atoms with Crippen LogP contribution in [0, 0.1) is 11.8 Å². The molecule has 4 unspecified atom stereocenters. The minimum absolute atomic E-state index is 0.236. The summed E-state index contributed by atoms with van der Waals surface area (Å²) < 4.78 is 0. The number of nitrogens with zero attached hydrogens (tertiary/aromatic N) is 1. The predicted octanol–water partition coefficient (Wildman–Crippen LogP) is 2.96. The lowest BCUT2D eigenvalue weighted by Crippen LogP contribution is -2.15. The van der Waals surface area contributed by atoms with E-state index in [0.717, 1.165) is 12.0 Å². The van der Waals surface area contributed by atoms with Crippen LogP contribution in [0.5, 0.6) is 0 Å². The Kier molecular flexibility index (Phi) is 2.85. The van der Waals surface area contributed by atoms with Gasteiger partial charge in [0.25, 0.3) is 0 Å². The molecule has 1 heterocycles. The van der Waals surface area contributed by atoms with Gasteiger partial charge in [-0.3, -0.25) is 4.98 Å². The van der Waals surface area contributed by atoms with Crippen LogP contribution in [0.4, 0.5) is 0 Å². The summed E-state index contributed by atoms with van der Waals surface area (Å²) in [6, 6.07) is 12.7. The number of benzene rings is 1. The summed E-state index contributed by atoms with van der Waals surface area (Å²) in [5, 5.41) is 10.6. The monoisotopic (exact) mass is 265 g/mol. The Morgan fingerprint density at radius 2 is 2.10 bits per heavy atom. The summed E-state index contributed by atoms with van der Waals surface area (Å²) in [5.41, 5.74) is 4.11. The van der Waals surface area contributed by atoms with Crippen LogP contribution in [-0.2, 0) is 12.8 Å².